The molecule has 3 heteroatoms. The van der Waals surface area contributed by atoms with E-state index in [4.69, 9.17) is 9.15 Å². The Kier molecular flexibility index (Phi) is 3.56. The molecule has 21 heavy (non-hydrogen) atoms. The lowest BCUT2D eigenvalue weighted by Gasteiger charge is -2.02. The van der Waals surface area contributed by atoms with Crippen LogP contribution < -0.4 is 10.2 Å². The highest BCUT2D eigenvalue weighted by Gasteiger charge is 2.04. The monoisotopic (exact) mass is 278 g/mol. The molecule has 0 saturated carbocycles. The van der Waals surface area contributed by atoms with Crippen LogP contribution in [-0.4, -0.2) is 7.11 Å². The molecule has 0 N–H and O–H groups in total. The molecule has 0 aliphatic heterocycles. The van der Waals surface area contributed by atoms with Crippen molar-refractivity contribution in [1.82, 2.24) is 0 Å². The SMILES string of the molecule is COc1ccc2oc(/C=C/c3ccccc3)cc(=O)c2c1. The van der Waals surface area contributed by atoms with Crippen LogP contribution in [0.1, 0.15) is 11.3 Å². The average molecular weight is 278 g/mol. The van der Waals surface area contributed by atoms with Gasteiger partial charge in [0.05, 0.1) is 12.5 Å². The Morgan fingerprint density at radius 1 is 1.00 bits per heavy atom. The molecular weight excluding hydrogens is 264 g/mol. The third-order valence-corrected chi connectivity index (χ3v) is 3.19. The second-order valence-electron chi connectivity index (χ2n) is 4.62. The Balaban J connectivity index is 2.01. The molecular formula is C18H14O3. The van der Waals surface area contributed by atoms with Crippen LogP contribution in [-0.2, 0) is 0 Å². The van der Waals surface area contributed by atoms with Gasteiger partial charge in [-0.15, -0.1) is 0 Å². The van der Waals surface area contributed by atoms with Crippen molar-refractivity contribution in [1.29, 1.82) is 0 Å². The summed E-state index contributed by atoms with van der Waals surface area (Å²) in [6.45, 7) is 0. The number of fused-ring (bicyclic) bond motifs is 1. The highest BCUT2D eigenvalue weighted by atomic mass is 16.5. The van der Waals surface area contributed by atoms with Gasteiger partial charge in [-0.3, -0.25) is 4.79 Å². The largest absolute Gasteiger partial charge is 0.497 e. The lowest BCUT2D eigenvalue weighted by molar-refractivity contribution is 0.415. The molecule has 0 spiro atoms. The van der Waals surface area contributed by atoms with Crippen molar-refractivity contribution in [3.05, 3.63) is 76.1 Å². The van der Waals surface area contributed by atoms with Crippen LogP contribution in [0.4, 0.5) is 0 Å². The molecule has 1 aromatic heterocycles. The van der Waals surface area contributed by atoms with Gasteiger partial charge in [-0.2, -0.15) is 0 Å². The van der Waals surface area contributed by atoms with Crippen LogP contribution >= 0.6 is 0 Å². The van der Waals surface area contributed by atoms with Crippen molar-refractivity contribution in [3.63, 3.8) is 0 Å². The molecule has 0 radical (unpaired) electrons. The number of ether oxygens (including phenoxy) is 1. The summed E-state index contributed by atoms with van der Waals surface area (Å²) in [4.78, 5) is 12.1. The number of rotatable bonds is 3. The molecule has 0 fully saturated rings. The van der Waals surface area contributed by atoms with E-state index in [1.807, 2.05) is 36.4 Å². The van der Waals surface area contributed by atoms with E-state index in [1.165, 1.54) is 6.07 Å². The van der Waals surface area contributed by atoms with Crippen LogP contribution in [0.25, 0.3) is 23.1 Å². The maximum atomic E-state index is 12.1. The zero-order valence-corrected chi connectivity index (χ0v) is 11.6. The van der Waals surface area contributed by atoms with Gasteiger partial charge in [0.2, 0.25) is 0 Å². The van der Waals surface area contributed by atoms with E-state index in [2.05, 4.69) is 0 Å². The highest BCUT2D eigenvalue weighted by Crippen LogP contribution is 2.19. The third-order valence-electron chi connectivity index (χ3n) is 3.19. The van der Waals surface area contributed by atoms with Gasteiger partial charge in [-0.05, 0) is 29.8 Å². The van der Waals surface area contributed by atoms with Crippen LogP contribution in [0.15, 0.2) is 63.8 Å². The van der Waals surface area contributed by atoms with E-state index in [1.54, 1.807) is 31.4 Å². The summed E-state index contributed by atoms with van der Waals surface area (Å²) >= 11 is 0. The molecule has 0 atom stereocenters. The molecule has 3 nitrogen and oxygen atoms in total. The smallest absolute Gasteiger partial charge is 0.193 e. The van der Waals surface area contributed by atoms with Gasteiger partial charge < -0.3 is 9.15 Å². The Morgan fingerprint density at radius 2 is 1.81 bits per heavy atom. The predicted octanol–water partition coefficient (Wildman–Crippen LogP) is 3.97. The fraction of sp³-hybridized carbons (Fsp3) is 0.0556. The number of benzene rings is 2. The Labute approximate surface area is 122 Å². The lowest BCUT2D eigenvalue weighted by atomic mass is 10.2. The van der Waals surface area contributed by atoms with Gasteiger partial charge >= 0.3 is 0 Å². The minimum Gasteiger partial charge on any atom is -0.497 e. The van der Waals surface area contributed by atoms with E-state index in [9.17, 15) is 4.79 Å². The van der Waals surface area contributed by atoms with Crippen LogP contribution in [0.2, 0.25) is 0 Å². The first kappa shape index (κ1) is 13.2. The van der Waals surface area contributed by atoms with Gasteiger partial charge in [0.15, 0.2) is 5.43 Å². The lowest BCUT2D eigenvalue weighted by Crippen LogP contribution is -2.00. The standard InChI is InChI=1S/C18H14O3/c1-20-14-9-10-18-16(11-14)17(19)12-15(21-18)8-7-13-5-3-2-4-6-13/h2-12H,1H3/b8-7+. The maximum Gasteiger partial charge on any atom is 0.193 e. The third kappa shape index (κ3) is 2.87. The van der Waals surface area contributed by atoms with E-state index in [-0.39, 0.29) is 5.43 Å². The molecule has 3 aromatic rings. The van der Waals surface area contributed by atoms with E-state index < -0.39 is 0 Å². The summed E-state index contributed by atoms with van der Waals surface area (Å²) in [5.41, 5.74) is 1.52. The normalized spacial score (nSPS) is 11.1. The first-order valence-corrected chi connectivity index (χ1v) is 6.61. The molecule has 0 amide bonds. The molecule has 104 valence electrons. The first-order valence-electron chi connectivity index (χ1n) is 6.61. The van der Waals surface area contributed by atoms with Gasteiger partial charge in [-0.25, -0.2) is 0 Å². The maximum absolute atomic E-state index is 12.1. The zero-order valence-electron chi connectivity index (χ0n) is 11.6. The van der Waals surface area contributed by atoms with E-state index in [0.29, 0.717) is 22.5 Å². The van der Waals surface area contributed by atoms with Gasteiger partial charge in [0.25, 0.3) is 0 Å². The summed E-state index contributed by atoms with van der Waals surface area (Å²) in [5.74, 6) is 1.17. The number of hydrogen-bond acceptors (Lipinski definition) is 3. The fourth-order valence-corrected chi connectivity index (χ4v) is 2.11. The van der Waals surface area contributed by atoms with Crippen LogP contribution in [0.5, 0.6) is 5.75 Å². The fourth-order valence-electron chi connectivity index (χ4n) is 2.11. The summed E-state index contributed by atoms with van der Waals surface area (Å²) in [6, 6.07) is 16.5. The topological polar surface area (TPSA) is 39.4 Å². The molecule has 0 bridgehead atoms. The second-order valence-corrected chi connectivity index (χ2v) is 4.62. The Morgan fingerprint density at radius 3 is 2.57 bits per heavy atom. The van der Waals surface area contributed by atoms with E-state index >= 15 is 0 Å². The molecule has 0 saturated heterocycles. The second kappa shape index (κ2) is 5.67. The highest BCUT2D eigenvalue weighted by molar-refractivity contribution is 5.79. The minimum atomic E-state index is -0.0807. The summed E-state index contributed by atoms with van der Waals surface area (Å²) in [5, 5.41) is 0.520. The average Bonchev–Trinajstić information content (AvgIpc) is 2.54. The van der Waals surface area contributed by atoms with Crippen molar-refractivity contribution in [2.24, 2.45) is 0 Å². The van der Waals surface area contributed by atoms with Crippen molar-refractivity contribution in [2.75, 3.05) is 7.11 Å². The Bertz CT molecular complexity index is 845. The Hall–Kier alpha value is -2.81. The van der Waals surface area contributed by atoms with Gasteiger partial charge in [-0.1, -0.05) is 36.4 Å². The minimum absolute atomic E-state index is 0.0807. The van der Waals surface area contributed by atoms with Crippen LogP contribution in [0, 0.1) is 0 Å². The van der Waals surface area contributed by atoms with Gasteiger partial charge in [0, 0.05) is 6.07 Å². The van der Waals surface area contributed by atoms with Crippen molar-refractivity contribution < 1.29 is 9.15 Å². The summed E-state index contributed by atoms with van der Waals surface area (Å²) < 4.78 is 10.8. The quantitative estimate of drug-likeness (QED) is 0.727. The zero-order chi connectivity index (χ0) is 14.7. The summed E-state index contributed by atoms with van der Waals surface area (Å²) in [7, 11) is 1.57. The van der Waals surface area contributed by atoms with Gasteiger partial charge in [0.1, 0.15) is 17.1 Å². The summed E-state index contributed by atoms with van der Waals surface area (Å²) in [6.07, 6.45) is 3.70. The molecule has 3 rings (SSSR count). The first-order chi connectivity index (χ1) is 10.3. The van der Waals surface area contributed by atoms with Crippen molar-refractivity contribution in [3.8, 4) is 5.75 Å². The molecule has 0 unspecified atom stereocenters. The number of methoxy groups -OCH3 is 1. The van der Waals surface area contributed by atoms with Crippen molar-refractivity contribution >= 4 is 23.1 Å². The predicted molar refractivity (Wildman–Crippen MR) is 84.4 cm³/mol. The van der Waals surface area contributed by atoms with E-state index in [0.717, 1.165) is 5.56 Å². The molecule has 0 aliphatic rings. The molecule has 1 heterocycles. The molecule has 2 aromatic carbocycles. The number of hydrogen-bond donors (Lipinski definition) is 0. The van der Waals surface area contributed by atoms with Crippen LogP contribution in [0.3, 0.4) is 0 Å². The van der Waals surface area contributed by atoms with Crippen molar-refractivity contribution in [2.45, 2.75) is 0 Å². The molecule has 0 aliphatic carbocycles.